The smallest absolute Gasteiger partial charge is 0.331 e. The Balaban J connectivity index is 1.68. The van der Waals surface area contributed by atoms with Crippen LogP contribution >= 0.6 is 0 Å². The van der Waals surface area contributed by atoms with Gasteiger partial charge in [0.2, 0.25) is 5.91 Å². The molecule has 0 unspecified atom stereocenters. The third kappa shape index (κ3) is 3.70. The van der Waals surface area contributed by atoms with Crippen molar-refractivity contribution in [3.8, 4) is 23.0 Å². The second kappa shape index (κ2) is 8.98. The van der Waals surface area contributed by atoms with Crippen molar-refractivity contribution < 1.29 is 28.5 Å². The molecule has 0 spiro atoms. The van der Waals surface area contributed by atoms with Crippen molar-refractivity contribution >= 4 is 17.6 Å². The first-order valence-corrected chi connectivity index (χ1v) is 10.8. The third-order valence-electron chi connectivity index (χ3n) is 5.84. The lowest BCUT2D eigenvalue weighted by Gasteiger charge is -2.43. The van der Waals surface area contributed by atoms with E-state index in [-0.39, 0.29) is 24.4 Å². The van der Waals surface area contributed by atoms with Crippen LogP contribution in [0, 0.1) is 0 Å². The molecule has 0 radical (unpaired) electrons. The van der Waals surface area contributed by atoms with E-state index in [0.29, 0.717) is 54.9 Å². The van der Waals surface area contributed by atoms with E-state index in [2.05, 4.69) is 0 Å². The number of hydrogen-bond acceptors (Lipinski definition) is 6. The molecule has 0 aliphatic carbocycles. The number of fused-ring (bicyclic) bond motifs is 3. The number of benzene rings is 2. The van der Waals surface area contributed by atoms with Crippen molar-refractivity contribution in [2.24, 2.45) is 0 Å². The molecule has 0 N–H and O–H groups in total. The maximum atomic E-state index is 13.4. The van der Waals surface area contributed by atoms with Crippen molar-refractivity contribution in [2.75, 3.05) is 38.9 Å². The molecular weight excluding hydrogens is 412 g/mol. The molecule has 3 amide bonds. The van der Waals surface area contributed by atoms with E-state index >= 15 is 0 Å². The SMILES string of the molecule is CCOc1cc2c(cc1OCC)[C@H]1CC(=O)N(c3ccc(OC)c(OC)c3)C(=O)N1CC2. The minimum absolute atomic E-state index is 0.187. The fraction of sp³-hybridized carbons (Fsp3) is 0.417. The second-order valence-electron chi connectivity index (χ2n) is 7.58. The molecule has 2 aromatic rings. The second-order valence-corrected chi connectivity index (χ2v) is 7.58. The molecule has 2 aliphatic heterocycles. The van der Waals surface area contributed by atoms with Crippen LogP contribution in [0.4, 0.5) is 10.5 Å². The van der Waals surface area contributed by atoms with E-state index in [0.717, 1.165) is 11.1 Å². The molecule has 1 saturated heterocycles. The molecule has 8 nitrogen and oxygen atoms in total. The molecule has 8 heteroatoms. The van der Waals surface area contributed by atoms with Gasteiger partial charge in [-0.05, 0) is 55.7 Å². The fourth-order valence-corrected chi connectivity index (χ4v) is 4.41. The van der Waals surface area contributed by atoms with Gasteiger partial charge in [-0.1, -0.05) is 0 Å². The van der Waals surface area contributed by atoms with E-state index in [1.165, 1.54) is 19.1 Å². The number of hydrogen-bond donors (Lipinski definition) is 0. The lowest BCUT2D eigenvalue weighted by Crippen LogP contribution is -2.55. The standard InChI is InChI=1S/C24H28N2O6/c1-5-31-21-11-15-9-10-25-18(17(15)13-22(21)32-6-2)14-23(27)26(24(25)28)16-7-8-19(29-3)20(12-16)30-4/h7-8,11-13,18H,5-6,9-10,14H2,1-4H3/t18-/m1/s1. The average Bonchev–Trinajstić information content (AvgIpc) is 2.79. The van der Waals surface area contributed by atoms with E-state index in [1.807, 2.05) is 26.0 Å². The van der Waals surface area contributed by atoms with Crippen molar-refractivity contribution in [3.63, 3.8) is 0 Å². The van der Waals surface area contributed by atoms with Gasteiger partial charge in [-0.3, -0.25) is 4.79 Å². The average molecular weight is 440 g/mol. The molecule has 32 heavy (non-hydrogen) atoms. The molecule has 2 aromatic carbocycles. The first-order valence-electron chi connectivity index (χ1n) is 10.8. The molecule has 0 bridgehead atoms. The Labute approximate surface area is 187 Å². The number of methoxy groups -OCH3 is 2. The number of amides is 3. The lowest BCUT2D eigenvalue weighted by molar-refractivity contribution is -0.120. The number of imide groups is 1. The van der Waals surface area contributed by atoms with Crippen LogP contribution in [-0.4, -0.2) is 50.8 Å². The molecule has 2 aliphatic rings. The van der Waals surface area contributed by atoms with Crippen molar-refractivity contribution in [1.29, 1.82) is 0 Å². The van der Waals surface area contributed by atoms with Gasteiger partial charge < -0.3 is 23.8 Å². The lowest BCUT2D eigenvalue weighted by atomic mass is 9.88. The number of nitrogens with zero attached hydrogens (tertiary/aromatic N) is 2. The topological polar surface area (TPSA) is 77.5 Å². The number of carbonyl (C=O) groups is 2. The van der Waals surface area contributed by atoms with Gasteiger partial charge in [-0.25, -0.2) is 9.69 Å². The molecule has 1 atom stereocenters. The Bertz CT molecular complexity index is 1040. The van der Waals surface area contributed by atoms with Gasteiger partial charge in [-0.15, -0.1) is 0 Å². The summed E-state index contributed by atoms with van der Waals surface area (Å²) in [6, 6.07) is 8.27. The van der Waals surface area contributed by atoms with Crippen LogP contribution in [0.5, 0.6) is 23.0 Å². The van der Waals surface area contributed by atoms with Gasteiger partial charge >= 0.3 is 6.03 Å². The minimum atomic E-state index is -0.337. The summed E-state index contributed by atoms with van der Waals surface area (Å²) in [5, 5.41) is 0. The van der Waals surface area contributed by atoms with Crippen LogP contribution in [0.2, 0.25) is 0 Å². The van der Waals surface area contributed by atoms with Crippen LogP contribution in [-0.2, 0) is 11.2 Å². The highest BCUT2D eigenvalue weighted by molar-refractivity contribution is 6.16. The van der Waals surface area contributed by atoms with Crippen LogP contribution < -0.4 is 23.8 Å². The number of urea groups is 1. The van der Waals surface area contributed by atoms with Crippen molar-refractivity contribution in [1.82, 2.24) is 4.90 Å². The summed E-state index contributed by atoms with van der Waals surface area (Å²) in [4.78, 5) is 29.6. The maximum absolute atomic E-state index is 13.4. The molecular formula is C24H28N2O6. The van der Waals surface area contributed by atoms with Gasteiger partial charge in [0.1, 0.15) is 0 Å². The Hall–Kier alpha value is -3.42. The predicted octanol–water partition coefficient (Wildman–Crippen LogP) is 3.96. The first kappa shape index (κ1) is 21.8. The maximum Gasteiger partial charge on any atom is 0.331 e. The number of ether oxygens (including phenoxy) is 4. The van der Waals surface area contributed by atoms with E-state index in [4.69, 9.17) is 18.9 Å². The Morgan fingerprint density at radius 3 is 2.25 bits per heavy atom. The molecule has 0 saturated carbocycles. The van der Waals surface area contributed by atoms with Gasteiger partial charge in [0.05, 0.1) is 45.6 Å². The zero-order valence-corrected chi connectivity index (χ0v) is 18.8. The summed E-state index contributed by atoms with van der Waals surface area (Å²) in [7, 11) is 3.06. The van der Waals surface area contributed by atoms with Crippen LogP contribution in [0.1, 0.15) is 37.4 Å². The molecule has 1 fully saturated rings. The molecule has 0 aromatic heterocycles. The normalized spacial score (nSPS) is 17.6. The van der Waals surface area contributed by atoms with Crippen LogP contribution in [0.25, 0.3) is 0 Å². The molecule has 170 valence electrons. The summed E-state index contributed by atoms with van der Waals surface area (Å²) in [5.74, 6) is 2.07. The van der Waals surface area contributed by atoms with Gasteiger partial charge in [0.15, 0.2) is 23.0 Å². The van der Waals surface area contributed by atoms with Crippen LogP contribution in [0.3, 0.4) is 0 Å². The monoisotopic (exact) mass is 440 g/mol. The zero-order chi connectivity index (χ0) is 22.8. The van der Waals surface area contributed by atoms with Crippen molar-refractivity contribution in [2.45, 2.75) is 32.7 Å². The largest absolute Gasteiger partial charge is 0.493 e. The third-order valence-corrected chi connectivity index (χ3v) is 5.84. The summed E-state index contributed by atoms with van der Waals surface area (Å²) in [5.41, 5.74) is 2.48. The summed E-state index contributed by atoms with van der Waals surface area (Å²) in [6.07, 6.45) is 0.866. The number of carbonyl (C=O) groups excluding carboxylic acids is 2. The Morgan fingerprint density at radius 2 is 1.59 bits per heavy atom. The molecule has 4 rings (SSSR count). The fourth-order valence-electron chi connectivity index (χ4n) is 4.41. The van der Waals surface area contributed by atoms with E-state index in [9.17, 15) is 9.59 Å². The number of anilines is 1. The Morgan fingerprint density at radius 1 is 0.906 bits per heavy atom. The van der Waals surface area contributed by atoms with Crippen molar-refractivity contribution in [3.05, 3.63) is 41.5 Å². The predicted molar refractivity (Wildman–Crippen MR) is 119 cm³/mol. The Kier molecular flexibility index (Phi) is 6.12. The highest BCUT2D eigenvalue weighted by Gasteiger charge is 2.43. The van der Waals surface area contributed by atoms with E-state index < -0.39 is 0 Å². The minimum Gasteiger partial charge on any atom is -0.493 e. The molecule has 2 heterocycles. The van der Waals surface area contributed by atoms with Gasteiger partial charge in [0, 0.05) is 12.6 Å². The highest BCUT2D eigenvalue weighted by atomic mass is 16.5. The zero-order valence-electron chi connectivity index (χ0n) is 18.8. The summed E-state index contributed by atoms with van der Waals surface area (Å²) in [6.45, 7) is 5.39. The highest BCUT2D eigenvalue weighted by Crippen LogP contribution is 2.43. The van der Waals surface area contributed by atoms with E-state index in [1.54, 1.807) is 23.1 Å². The first-order chi connectivity index (χ1) is 15.5. The van der Waals surface area contributed by atoms with Gasteiger partial charge in [-0.2, -0.15) is 0 Å². The quantitative estimate of drug-likeness (QED) is 0.649. The van der Waals surface area contributed by atoms with Gasteiger partial charge in [0.25, 0.3) is 0 Å². The summed E-state index contributed by atoms with van der Waals surface area (Å²) < 4.78 is 22.1. The number of rotatable bonds is 7. The van der Waals surface area contributed by atoms with Crippen LogP contribution in [0.15, 0.2) is 30.3 Å². The summed E-state index contributed by atoms with van der Waals surface area (Å²) >= 11 is 0.